The van der Waals surface area contributed by atoms with Crippen LogP contribution in [-0.2, 0) is 38.4 Å². The minimum absolute atomic E-state index is 0.0435. The molecule has 1 aliphatic rings. The molecule has 1 aliphatic heterocycles. The lowest BCUT2D eigenvalue weighted by molar-refractivity contribution is -0.183. The van der Waals surface area contributed by atoms with Crippen LogP contribution in [0.3, 0.4) is 0 Å². The molecule has 30 heavy (non-hydrogen) atoms. The summed E-state index contributed by atoms with van der Waals surface area (Å²) in [6.45, 7) is 6.07. The SMILES string of the molecule is CCC[C@@H](OC(C)=O)[C@H](OC(C)=O)[C@@H]1CC(S(=O)(=O)c2ccc(C)cc2)=CC(=O)O1. The van der Waals surface area contributed by atoms with Crippen molar-refractivity contribution in [1.29, 1.82) is 0 Å². The summed E-state index contributed by atoms with van der Waals surface area (Å²) in [6, 6.07) is 6.24. The van der Waals surface area contributed by atoms with Crippen LogP contribution < -0.4 is 0 Å². The molecule has 2 rings (SSSR count). The molecular formula is C21H26O8S. The zero-order chi connectivity index (χ0) is 22.5. The molecule has 0 fully saturated rings. The van der Waals surface area contributed by atoms with Crippen molar-refractivity contribution in [2.45, 2.75) is 70.2 Å². The maximum absolute atomic E-state index is 13.0. The Morgan fingerprint density at radius 3 is 2.27 bits per heavy atom. The Morgan fingerprint density at radius 1 is 1.13 bits per heavy atom. The first-order valence-corrected chi connectivity index (χ1v) is 11.1. The largest absolute Gasteiger partial charge is 0.458 e. The molecule has 9 heteroatoms. The van der Waals surface area contributed by atoms with Gasteiger partial charge in [0.2, 0.25) is 9.84 Å². The lowest BCUT2D eigenvalue weighted by Crippen LogP contribution is -2.46. The Morgan fingerprint density at radius 2 is 1.73 bits per heavy atom. The van der Waals surface area contributed by atoms with Crippen molar-refractivity contribution >= 4 is 27.7 Å². The predicted octanol–water partition coefficient (Wildman–Crippen LogP) is 2.63. The van der Waals surface area contributed by atoms with E-state index in [2.05, 4.69) is 0 Å². The van der Waals surface area contributed by atoms with E-state index in [-0.39, 0.29) is 16.2 Å². The van der Waals surface area contributed by atoms with Crippen LogP contribution in [0, 0.1) is 6.92 Å². The normalized spacial score (nSPS) is 18.6. The average molecular weight is 438 g/mol. The van der Waals surface area contributed by atoms with Crippen LogP contribution >= 0.6 is 0 Å². The molecule has 0 N–H and O–H groups in total. The fourth-order valence-electron chi connectivity index (χ4n) is 3.22. The van der Waals surface area contributed by atoms with Crippen LogP contribution in [0.4, 0.5) is 0 Å². The Bertz CT molecular complexity index is 930. The third-order valence-electron chi connectivity index (χ3n) is 4.55. The number of hydrogen-bond donors (Lipinski definition) is 0. The Hall–Kier alpha value is -2.68. The zero-order valence-corrected chi connectivity index (χ0v) is 18.2. The summed E-state index contributed by atoms with van der Waals surface area (Å²) < 4.78 is 42.0. The number of cyclic esters (lactones) is 1. The number of hydrogen-bond acceptors (Lipinski definition) is 8. The Kier molecular flexibility index (Phi) is 7.77. The summed E-state index contributed by atoms with van der Waals surface area (Å²) in [5.74, 6) is -2.12. The Balaban J connectivity index is 2.39. The Labute approximate surface area is 176 Å². The van der Waals surface area contributed by atoms with Gasteiger partial charge in [-0.3, -0.25) is 9.59 Å². The lowest BCUT2D eigenvalue weighted by Gasteiger charge is -2.33. The van der Waals surface area contributed by atoms with Gasteiger partial charge in [-0.1, -0.05) is 31.0 Å². The number of carbonyl (C=O) groups excluding carboxylic acids is 3. The molecule has 3 atom stereocenters. The first-order chi connectivity index (χ1) is 14.0. The van der Waals surface area contributed by atoms with Crippen molar-refractivity contribution in [3.8, 4) is 0 Å². The van der Waals surface area contributed by atoms with Gasteiger partial charge in [-0.15, -0.1) is 0 Å². The molecule has 1 aromatic carbocycles. The zero-order valence-electron chi connectivity index (χ0n) is 17.4. The first-order valence-electron chi connectivity index (χ1n) is 9.62. The molecule has 0 saturated heterocycles. The summed E-state index contributed by atoms with van der Waals surface area (Å²) >= 11 is 0. The monoisotopic (exact) mass is 438 g/mol. The van der Waals surface area contributed by atoms with Crippen molar-refractivity contribution in [2.24, 2.45) is 0 Å². The molecule has 164 valence electrons. The van der Waals surface area contributed by atoms with Crippen LogP contribution in [0.5, 0.6) is 0 Å². The van der Waals surface area contributed by atoms with E-state index in [1.165, 1.54) is 26.0 Å². The molecule has 0 aromatic heterocycles. The molecule has 0 radical (unpaired) electrons. The third-order valence-corrected chi connectivity index (χ3v) is 6.42. The molecule has 0 saturated carbocycles. The van der Waals surface area contributed by atoms with Crippen LogP contribution in [0.1, 0.15) is 45.6 Å². The number of benzene rings is 1. The molecule has 1 aromatic rings. The fraction of sp³-hybridized carbons (Fsp3) is 0.476. The van der Waals surface area contributed by atoms with Crippen LogP contribution in [0.15, 0.2) is 40.1 Å². The van der Waals surface area contributed by atoms with E-state index in [1.54, 1.807) is 12.1 Å². The van der Waals surface area contributed by atoms with Gasteiger partial charge in [0.15, 0.2) is 6.10 Å². The van der Waals surface area contributed by atoms with E-state index in [9.17, 15) is 22.8 Å². The molecule has 0 unspecified atom stereocenters. The number of ether oxygens (including phenoxy) is 3. The highest BCUT2D eigenvalue weighted by molar-refractivity contribution is 7.95. The predicted molar refractivity (Wildman–Crippen MR) is 107 cm³/mol. The van der Waals surface area contributed by atoms with Gasteiger partial charge in [-0.25, -0.2) is 13.2 Å². The topological polar surface area (TPSA) is 113 Å². The average Bonchev–Trinajstić information content (AvgIpc) is 2.65. The molecular weight excluding hydrogens is 412 g/mol. The second kappa shape index (κ2) is 9.88. The molecule has 0 aliphatic carbocycles. The van der Waals surface area contributed by atoms with E-state index in [4.69, 9.17) is 14.2 Å². The van der Waals surface area contributed by atoms with Crippen molar-refractivity contribution in [3.63, 3.8) is 0 Å². The number of rotatable bonds is 8. The summed E-state index contributed by atoms with van der Waals surface area (Å²) in [7, 11) is -3.96. The van der Waals surface area contributed by atoms with E-state index < -0.39 is 46.1 Å². The lowest BCUT2D eigenvalue weighted by atomic mass is 9.99. The third kappa shape index (κ3) is 5.91. The highest BCUT2D eigenvalue weighted by Gasteiger charge is 2.41. The minimum atomic E-state index is -3.96. The van der Waals surface area contributed by atoms with Gasteiger partial charge in [0.05, 0.1) is 9.80 Å². The van der Waals surface area contributed by atoms with Crippen molar-refractivity contribution in [2.75, 3.05) is 0 Å². The number of esters is 3. The van der Waals surface area contributed by atoms with E-state index in [1.807, 2.05) is 13.8 Å². The van der Waals surface area contributed by atoms with Gasteiger partial charge in [0, 0.05) is 26.3 Å². The smallest absolute Gasteiger partial charge is 0.332 e. The first kappa shape index (κ1) is 23.6. The van der Waals surface area contributed by atoms with Gasteiger partial charge >= 0.3 is 17.9 Å². The van der Waals surface area contributed by atoms with Crippen LogP contribution in [0.2, 0.25) is 0 Å². The quantitative estimate of drug-likeness (QED) is 0.450. The maximum atomic E-state index is 13.0. The molecule has 0 amide bonds. The number of aryl methyl sites for hydroxylation is 1. The van der Waals surface area contributed by atoms with Crippen molar-refractivity contribution < 1.29 is 37.0 Å². The van der Waals surface area contributed by atoms with Gasteiger partial charge < -0.3 is 14.2 Å². The molecule has 1 heterocycles. The van der Waals surface area contributed by atoms with Gasteiger partial charge in [-0.05, 0) is 25.5 Å². The fourth-order valence-corrected chi connectivity index (χ4v) is 4.66. The van der Waals surface area contributed by atoms with E-state index in [0.717, 1.165) is 11.6 Å². The summed E-state index contributed by atoms with van der Waals surface area (Å²) in [5, 5.41) is 0. The van der Waals surface area contributed by atoms with Gasteiger partial charge in [0.1, 0.15) is 12.2 Å². The van der Waals surface area contributed by atoms with Crippen molar-refractivity contribution in [3.05, 3.63) is 40.8 Å². The van der Waals surface area contributed by atoms with E-state index >= 15 is 0 Å². The standard InChI is InChI=1S/C21H26O8S/c1-5-6-18(27-14(3)22)21(28-15(4)23)19-11-17(12-20(24)29-19)30(25,26)16-9-7-13(2)8-10-16/h7-10,12,18-19,21H,5-6,11H2,1-4H3/t18-,19+,21+/m1/s1. The van der Waals surface area contributed by atoms with Gasteiger partial charge in [-0.2, -0.15) is 0 Å². The highest BCUT2D eigenvalue weighted by Crippen LogP contribution is 2.31. The van der Waals surface area contributed by atoms with Crippen LogP contribution in [-0.4, -0.2) is 44.6 Å². The molecule has 0 spiro atoms. The summed E-state index contributed by atoms with van der Waals surface area (Å²) in [5.41, 5.74) is 0.891. The second-order valence-electron chi connectivity index (χ2n) is 7.12. The van der Waals surface area contributed by atoms with E-state index in [0.29, 0.717) is 12.8 Å². The minimum Gasteiger partial charge on any atom is -0.458 e. The summed E-state index contributed by atoms with van der Waals surface area (Å²) in [4.78, 5) is 35.3. The van der Waals surface area contributed by atoms with Crippen LogP contribution in [0.25, 0.3) is 0 Å². The number of sulfone groups is 1. The highest BCUT2D eigenvalue weighted by atomic mass is 32.2. The van der Waals surface area contributed by atoms with Crippen molar-refractivity contribution in [1.82, 2.24) is 0 Å². The molecule has 0 bridgehead atoms. The number of carbonyl (C=O) groups is 3. The maximum Gasteiger partial charge on any atom is 0.332 e. The summed E-state index contributed by atoms with van der Waals surface area (Å²) in [6.07, 6.45) is -1.46. The second-order valence-corrected chi connectivity index (χ2v) is 9.12. The molecule has 8 nitrogen and oxygen atoms in total. The van der Waals surface area contributed by atoms with Gasteiger partial charge in [0.25, 0.3) is 0 Å².